The summed E-state index contributed by atoms with van der Waals surface area (Å²) >= 11 is 0. The third-order valence-electron chi connectivity index (χ3n) is 3.53. The molecule has 0 heterocycles. The Morgan fingerprint density at radius 2 is 2.00 bits per heavy atom. The third kappa shape index (κ3) is 2.67. The molecule has 0 atom stereocenters. The molecule has 102 valence electrons. The summed E-state index contributed by atoms with van der Waals surface area (Å²) in [5.74, 6) is 0. The van der Waals surface area contributed by atoms with Gasteiger partial charge in [0.15, 0.2) is 0 Å². The van der Waals surface area contributed by atoms with Gasteiger partial charge < -0.3 is 5.73 Å². The molecule has 0 amide bonds. The lowest BCUT2D eigenvalue weighted by Crippen LogP contribution is -1.99. The van der Waals surface area contributed by atoms with Crippen LogP contribution in [-0.4, -0.2) is 0 Å². The summed E-state index contributed by atoms with van der Waals surface area (Å²) in [5, 5.41) is 2.46. The van der Waals surface area contributed by atoms with Gasteiger partial charge in [0.1, 0.15) is 0 Å². The molecule has 0 bridgehead atoms. The molecule has 2 N–H and O–H groups in total. The van der Waals surface area contributed by atoms with E-state index in [2.05, 4.69) is 50.8 Å². The van der Waals surface area contributed by atoms with Gasteiger partial charge in [0.2, 0.25) is 0 Å². The second kappa shape index (κ2) is 6.25. The number of hydrogen-bond acceptors (Lipinski definition) is 1. The summed E-state index contributed by atoms with van der Waals surface area (Å²) in [7, 11) is 0. The lowest BCUT2D eigenvalue weighted by molar-refractivity contribution is 1.14. The first-order valence-corrected chi connectivity index (χ1v) is 6.95. The largest absolute Gasteiger partial charge is 0.398 e. The van der Waals surface area contributed by atoms with E-state index in [1.807, 2.05) is 18.2 Å². The van der Waals surface area contributed by atoms with E-state index in [4.69, 9.17) is 5.73 Å². The summed E-state index contributed by atoms with van der Waals surface area (Å²) < 4.78 is 0. The molecule has 0 aliphatic rings. The van der Waals surface area contributed by atoms with Crippen molar-refractivity contribution in [3.05, 3.63) is 72.3 Å². The van der Waals surface area contributed by atoms with Gasteiger partial charge in [-0.3, -0.25) is 0 Å². The van der Waals surface area contributed by atoms with E-state index in [1.54, 1.807) is 6.08 Å². The zero-order chi connectivity index (χ0) is 14.5. The molecule has 0 spiro atoms. The van der Waals surface area contributed by atoms with E-state index < -0.39 is 0 Å². The number of nitrogens with two attached hydrogens (primary N) is 1. The Hall–Kier alpha value is -2.28. The van der Waals surface area contributed by atoms with Gasteiger partial charge in [-0.1, -0.05) is 62.1 Å². The van der Waals surface area contributed by atoms with Crippen molar-refractivity contribution in [3.8, 4) is 0 Å². The molecular weight excluding hydrogens is 242 g/mol. The first-order valence-electron chi connectivity index (χ1n) is 6.95. The van der Waals surface area contributed by atoms with Crippen LogP contribution in [0.4, 0.5) is 5.69 Å². The fourth-order valence-electron chi connectivity index (χ4n) is 2.61. The maximum atomic E-state index is 6.23. The third-order valence-corrected chi connectivity index (χ3v) is 3.53. The van der Waals surface area contributed by atoms with Gasteiger partial charge in [-0.05, 0) is 46.9 Å². The minimum Gasteiger partial charge on any atom is -0.398 e. The highest BCUT2D eigenvalue weighted by atomic mass is 14.6. The Morgan fingerprint density at radius 3 is 2.70 bits per heavy atom. The Labute approximate surface area is 121 Å². The standard InChI is InChI=1S/C19H21N/c1-4-6-7-10-14(3)19-16(5-2)18(20)13-15-11-8-9-12-17(15)19/h4,6-13H,1,5,20H2,2-3H3/b7-6-,14-10+. The van der Waals surface area contributed by atoms with Gasteiger partial charge in [0, 0.05) is 5.69 Å². The smallest absolute Gasteiger partial charge is 0.0359 e. The number of nitrogen functional groups attached to an aromatic ring is 1. The van der Waals surface area contributed by atoms with E-state index in [0.717, 1.165) is 12.1 Å². The summed E-state index contributed by atoms with van der Waals surface area (Å²) in [5.41, 5.74) is 10.8. The maximum absolute atomic E-state index is 6.23. The second-order valence-electron chi connectivity index (χ2n) is 4.86. The quantitative estimate of drug-likeness (QED) is 0.600. The Morgan fingerprint density at radius 1 is 1.25 bits per heavy atom. The van der Waals surface area contributed by atoms with E-state index in [0.29, 0.717) is 0 Å². The van der Waals surface area contributed by atoms with Gasteiger partial charge in [0.25, 0.3) is 0 Å². The molecule has 1 nitrogen and oxygen atoms in total. The van der Waals surface area contributed by atoms with Crippen LogP contribution in [0.1, 0.15) is 25.0 Å². The molecule has 2 rings (SSSR count). The molecule has 0 unspecified atom stereocenters. The number of fused-ring (bicyclic) bond motifs is 1. The Kier molecular flexibility index (Phi) is 4.41. The summed E-state index contributed by atoms with van der Waals surface area (Å²) in [6, 6.07) is 10.5. The summed E-state index contributed by atoms with van der Waals surface area (Å²) in [6.07, 6.45) is 8.77. The average molecular weight is 263 g/mol. The molecule has 2 aromatic rings. The van der Waals surface area contributed by atoms with Crippen molar-refractivity contribution >= 4 is 22.0 Å². The van der Waals surface area contributed by atoms with Crippen LogP contribution in [0.3, 0.4) is 0 Å². The molecule has 20 heavy (non-hydrogen) atoms. The van der Waals surface area contributed by atoms with Gasteiger partial charge >= 0.3 is 0 Å². The van der Waals surface area contributed by atoms with Crippen molar-refractivity contribution in [2.45, 2.75) is 20.3 Å². The normalized spacial score (nSPS) is 12.2. The van der Waals surface area contributed by atoms with Crippen molar-refractivity contribution in [1.29, 1.82) is 0 Å². The first-order chi connectivity index (χ1) is 9.69. The molecule has 1 heteroatoms. The van der Waals surface area contributed by atoms with E-state index in [-0.39, 0.29) is 0 Å². The van der Waals surface area contributed by atoms with Crippen LogP contribution in [0.2, 0.25) is 0 Å². The fourth-order valence-corrected chi connectivity index (χ4v) is 2.61. The van der Waals surface area contributed by atoms with Gasteiger partial charge in [0.05, 0.1) is 0 Å². The maximum Gasteiger partial charge on any atom is 0.0359 e. The van der Waals surface area contributed by atoms with Gasteiger partial charge in [-0.25, -0.2) is 0 Å². The molecule has 0 saturated heterocycles. The number of hydrogen-bond donors (Lipinski definition) is 1. The highest BCUT2D eigenvalue weighted by Crippen LogP contribution is 2.33. The zero-order valence-corrected chi connectivity index (χ0v) is 12.2. The molecule has 0 radical (unpaired) electrons. The minimum absolute atomic E-state index is 0.877. The number of benzene rings is 2. The molecule has 0 saturated carbocycles. The van der Waals surface area contributed by atoms with Crippen molar-refractivity contribution in [2.75, 3.05) is 5.73 Å². The van der Waals surface area contributed by atoms with Crippen LogP contribution in [0.15, 0.2) is 61.2 Å². The summed E-state index contributed by atoms with van der Waals surface area (Å²) in [6.45, 7) is 7.97. The van der Waals surface area contributed by atoms with Crippen LogP contribution in [0.5, 0.6) is 0 Å². The second-order valence-corrected chi connectivity index (χ2v) is 4.86. The topological polar surface area (TPSA) is 26.0 Å². The predicted molar refractivity (Wildman–Crippen MR) is 90.7 cm³/mol. The van der Waals surface area contributed by atoms with Crippen molar-refractivity contribution < 1.29 is 0 Å². The van der Waals surface area contributed by atoms with Crippen LogP contribution in [0, 0.1) is 0 Å². The van der Waals surface area contributed by atoms with Crippen molar-refractivity contribution in [3.63, 3.8) is 0 Å². The number of rotatable bonds is 4. The SMILES string of the molecule is C=C/C=C\C=C(/C)c1c(CC)c(N)cc2ccccc12. The minimum atomic E-state index is 0.877. The Bertz CT molecular complexity index is 690. The van der Waals surface area contributed by atoms with E-state index in [1.165, 1.54) is 27.5 Å². The van der Waals surface area contributed by atoms with E-state index in [9.17, 15) is 0 Å². The highest BCUT2D eigenvalue weighted by molar-refractivity contribution is 5.98. The molecular formula is C19H21N. The van der Waals surface area contributed by atoms with Gasteiger partial charge in [-0.15, -0.1) is 0 Å². The van der Waals surface area contributed by atoms with Crippen molar-refractivity contribution in [1.82, 2.24) is 0 Å². The van der Waals surface area contributed by atoms with Crippen LogP contribution in [0.25, 0.3) is 16.3 Å². The highest BCUT2D eigenvalue weighted by Gasteiger charge is 2.11. The van der Waals surface area contributed by atoms with Crippen LogP contribution in [-0.2, 0) is 6.42 Å². The molecule has 0 aromatic heterocycles. The first kappa shape index (κ1) is 14.1. The lowest BCUT2D eigenvalue weighted by Gasteiger charge is -2.15. The molecule has 0 aliphatic heterocycles. The van der Waals surface area contributed by atoms with Crippen molar-refractivity contribution in [2.24, 2.45) is 0 Å². The van der Waals surface area contributed by atoms with Gasteiger partial charge in [-0.2, -0.15) is 0 Å². The monoisotopic (exact) mass is 263 g/mol. The Balaban J connectivity index is 2.74. The number of anilines is 1. The zero-order valence-electron chi connectivity index (χ0n) is 12.2. The average Bonchev–Trinajstić information content (AvgIpc) is 2.45. The van der Waals surface area contributed by atoms with E-state index >= 15 is 0 Å². The lowest BCUT2D eigenvalue weighted by atomic mass is 9.91. The number of allylic oxidation sites excluding steroid dienone is 5. The summed E-state index contributed by atoms with van der Waals surface area (Å²) in [4.78, 5) is 0. The fraction of sp³-hybridized carbons (Fsp3) is 0.158. The van der Waals surface area contributed by atoms with Crippen LogP contribution < -0.4 is 5.73 Å². The predicted octanol–water partition coefficient (Wildman–Crippen LogP) is 5.13. The molecule has 0 aliphatic carbocycles. The molecule has 2 aromatic carbocycles. The van der Waals surface area contributed by atoms with Crippen LogP contribution >= 0.6 is 0 Å². The molecule has 0 fully saturated rings.